The Hall–Kier alpha value is -4.38. The highest BCUT2D eigenvalue weighted by atomic mass is 32.2. The number of rotatable bonds is 7. The molecule has 0 bridgehead atoms. The van der Waals surface area contributed by atoms with Gasteiger partial charge in [-0.2, -0.15) is 8.42 Å². The number of aromatic amines is 2. The van der Waals surface area contributed by atoms with Gasteiger partial charge < -0.3 is 24.6 Å². The number of H-pyrrole nitrogens is 2. The molecule has 2 aromatic carbocycles. The van der Waals surface area contributed by atoms with Crippen LogP contribution in [0.25, 0.3) is 22.2 Å². The first-order valence-electron chi connectivity index (χ1n) is 11.0. The lowest BCUT2D eigenvalue weighted by atomic mass is 10.0. The monoisotopic (exact) mass is 507 g/mol. The Morgan fingerprint density at radius 1 is 1.11 bits per heavy atom. The van der Waals surface area contributed by atoms with Crippen molar-refractivity contribution in [2.75, 3.05) is 5.32 Å². The van der Waals surface area contributed by atoms with Crippen molar-refractivity contribution >= 4 is 27.0 Å². The number of hydrogen-bond donors (Lipinski definition) is 4. The van der Waals surface area contributed by atoms with E-state index in [2.05, 4.69) is 25.3 Å². The van der Waals surface area contributed by atoms with Crippen LogP contribution < -0.4 is 9.50 Å². The average molecular weight is 508 g/mol. The molecule has 184 valence electrons. The van der Waals surface area contributed by atoms with Crippen LogP contribution in [0, 0.1) is 12.7 Å². The first-order chi connectivity index (χ1) is 17.2. The summed E-state index contributed by atoms with van der Waals surface area (Å²) in [5.41, 5.74) is 4.16. The van der Waals surface area contributed by atoms with Gasteiger partial charge in [0.1, 0.15) is 28.5 Å². The molecule has 0 aliphatic carbocycles. The van der Waals surface area contributed by atoms with Gasteiger partial charge in [-0.3, -0.25) is 0 Å². The van der Waals surface area contributed by atoms with Crippen LogP contribution >= 0.6 is 0 Å². The van der Waals surface area contributed by atoms with Crippen LogP contribution in [0.2, 0.25) is 0 Å². The molecule has 0 aliphatic heterocycles. The zero-order chi connectivity index (χ0) is 25.4. The first kappa shape index (κ1) is 23.4. The van der Waals surface area contributed by atoms with E-state index in [1.165, 1.54) is 12.5 Å². The van der Waals surface area contributed by atoms with Crippen molar-refractivity contribution < 1.29 is 22.1 Å². The maximum atomic E-state index is 13.6. The molecule has 5 rings (SSSR count). The molecule has 0 fully saturated rings. The molecular weight excluding hydrogens is 485 g/mol. The van der Waals surface area contributed by atoms with E-state index in [1.807, 2.05) is 50.2 Å². The van der Waals surface area contributed by atoms with E-state index < -0.39 is 27.4 Å². The van der Waals surface area contributed by atoms with Crippen LogP contribution in [-0.2, 0) is 10.1 Å². The van der Waals surface area contributed by atoms with Crippen molar-refractivity contribution in [3.8, 4) is 22.6 Å². The zero-order valence-electron chi connectivity index (χ0n) is 19.3. The third kappa shape index (κ3) is 4.36. The number of hydrogen-bond acceptors (Lipinski definition) is 7. The summed E-state index contributed by atoms with van der Waals surface area (Å²) in [5, 5.41) is 13.4. The van der Waals surface area contributed by atoms with Gasteiger partial charge in [0.2, 0.25) is 0 Å². The predicted molar refractivity (Wildman–Crippen MR) is 133 cm³/mol. The van der Waals surface area contributed by atoms with E-state index in [9.17, 15) is 17.9 Å². The number of nitrogens with one attached hydrogen (secondary N) is 3. The minimum Gasteiger partial charge on any atom is -0.504 e. The van der Waals surface area contributed by atoms with Crippen molar-refractivity contribution in [3.63, 3.8) is 0 Å². The third-order valence-corrected chi connectivity index (χ3v) is 6.94. The Bertz CT molecular complexity index is 1660. The fourth-order valence-electron chi connectivity index (χ4n) is 4.04. The second-order valence-corrected chi connectivity index (χ2v) is 9.77. The molecule has 11 heteroatoms. The highest BCUT2D eigenvalue weighted by Gasteiger charge is 2.27. The topological polar surface area (TPSA) is 133 Å². The first-order valence-corrected chi connectivity index (χ1v) is 12.4. The summed E-state index contributed by atoms with van der Waals surface area (Å²) in [6.07, 6.45) is 2.52. The average Bonchev–Trinajstić information content (AvgIpc) is 3.47. The Balaban J connectivity index is 1.53. The third-order valence-electron chi connectivity index (χ3n) is 5.68. The maximum absolute atomic E-state index is 13.6. The van der Waals surface area contributed by atoms with Crippen molar-refractivity contribution in [1.29, 1.82) is 0 Å². The number of aryl methyl sites for hydroxylation is 1. The summed E-state index contributed by atoms with van der Waals surface area (Å²) >= 11 is 0. The lowest BCUT2D eigenvalue weighted by Crippen LogP contribution is -2.13. The van der Waals surface area contributed by atoms with Gasteiger partial charge in [0.25, 0.3) is 0 Å². The van der Waals surface area contributed by atoms with E-state index in [-0.39, 0.29) is 27.8 Å². The number of benzene rings is 2. The van der Waals surface area contributed by atoms with Gasteiger partial charge in [-0.15, -0.1) is 0 Å². The summed E-state index contributed by atoms with van der Waals surface area (Å²) in [6, 6.07) is 14.4. The number of nitrogens with zero attached hydrogens (tertiary/aromatic N) is 2. The van der Waals surface area contributed by atoms with Gasteiger partial charge in [-0.1, -0.05) is 30.3 Å². The molecule has 0 saturated carbocycles. The smallest absolute Gasteiger partial charge is 0.341 e. The van der Waals surface area contributed by atoms with E-state index in [4.69, 9.17) is 4.18 Å². The van der Waals surface area contributed by atoms with Gasteiger partial charge >= 0.3 is 10.1 Å². The number of fused-ring (bicyclic) bond motifs is 1. The second kappa shape index (κ2) is 9.00. The normalized spacial score (nSPS) is 12.5. The zero-order valence-corrected chi connectivity index (χ0v) is 20.1. The van der Waals surface area contributed by atoms with E-state index in [0.29, 0.717) is 0 Å². The number of halogens is 1. The van der Waals surface area contributed by atoms with Gasteiger partial charge in [-0.25, -0.2) is 14.4 Å². The van der Waals surface area contributed by atoms with Crippen LogP contribution in [-0.4, -0.2) is 33.5 Å². The number of anilines is 1. The van der Waals surface area contributed by atoms with Gasteiger partial charge in [0.15, 0.2) is 11.5 Å². The summed E-state index contributed by atoms with van der Waals surface area (Å²) in [4.78, 5) is 14.3. The van der Waals surface area contributed by atoms with Crippen LogP contribution in [0.15, 0.2) is 72.0 Å². The van der Waals surface area contributed by atoms with E-state index in [0.717, 1.165) is 40.7 Å². The highest BCUT2D eigenvalue weighted by Crippen LogP contribution is 2.35. The van der Waals surface area contributed by atoms with Crippen molar-refractivity contribution in [2.24, 2.45) is 0 Å². The maximum Gasteiger partial charge on any atom is 0.341 e. The van der Waals surface area contributed by atoms with Crippen molar-refractivity contribution in [3.05, 3.63) is 84.3 Å². The molecule has 0 unspecified atom stereocenters. The fourth-order valence-corrected chi connectivity index (χ4v) is 5.15. The molecule has 0 spiro atoms. The quantitative estimate of drug-likeness (QED) is 0.227. The predicted octanol–water partition coefficient (Wildman–Crippen LogP) is 5.05. The molecule has 4 N–H and O–H groups in total. The largest absolute Gasteiger partial charge is 0.504 e. The fraction of sp³-hybridized carbons (Fsp3) is 0.120. The summed E-state index contributed by atoms with van der Waals surface area (Å²) in [6.45, 7) is 3.88. The van der Waals surface area contributed by atoms with Crippen LogP contribution in [0.5, 0.6) is 11.5 Å². The minimum atomic E-state index is -4.49. The van der Waals surface area contributed by atoms with Crippen molar-refractivity contribution in [2.45, 2.75) is 24.8 Å². The Morgan fingerprint density at radius 3 is 2.67 bits per heavy atom. The van der Waals surface area contributed by atoms with Gasteiger partial charge in [-0.05, 0) is 37.6 Å². The molecule has 0 amide bonds. The molecule has 1 atom stereocenters. The summed E-state index contributed by atoms with van der Waals surface area (Å²) in [7, 11) is -4.49. The summed E-state index contributed by atoms with van der Waals surface area (Å²) in [5.74, 6) is -1.55. The van der Waals surface area contributed by atoms with Crippen LogP contribution in [0.1, 0.15) is 24.4 Å². The second-order valence-electron chi connectivity index (χ2n) is 8.26. The molecule has 0 saturated heterocycles. The van der Waals surface area contributed by atoms with Crippen LogP contribution in [0.3, 0.4) is 0 Å². The van der Waals surface area contributed by atoms with Gasteiger partial charge in [0, 0.05) is 29.2 Å². The number of aromatic hydroxyl groups is 1. The number of phenolic OH excluding ortho intramolecular Hbond substituents is 1. The molecule has 5 aromatic rings. The highest BCUT2D eigenvalue weighted by molar-refractivity contribution is 7.87. The SMILES string of the molecule is Cc1cc(-c2ccccc2)c([C@H](C)Nc2ncnc3[nH]cc(S(=O)(=O)Oc4cc(F)ccc4O)c23)[nH]1. The molecule has 0 aliphatic rings. The molecule has 3 heterocycles. The molecule has 36 heavy (non-hydrogen) atoms. The molecule has 3 aromatic heterocycles. The van der Waals surface area contributed by atoms with E-state index in [1.54, 1.807) is 0 Å². The number of phenols is 1. The standard InChI is InChI=1S/C25H22FN5O4S/c1-14-10-18(16-6-4-3-5-7-16)23(30-14)15(2)31-25-22-21(12-27-24(22)28-13-29-25)36(33,34)35-20-11-17(26)8-9-19(20)32/h3-13,15,30,32H,1-2H3,(H2,27,28,29,31)/t15-/m0/s1. The molecule has 9 nitrogen and oxygen atoms in total. The minimum absolute atomic E-state index is 0.171. The lowest BCUT2D eigenvalue weighted by Gasteiger charge is -2.17. The van der Waals surface area contributed by atoms with Gasteiger partial charge in [0.05, 0.1) is 11.4 Å². The van der Waals surface area contributed by atoms with Crippen LogP contribution in [0.4, 0.5) is 10.2 Å². The Kier molecular flexibility index (Phi) is 5.84. The Morgan fingerprint density at radius 2 is 1.89 bits per heavy atom. The number of aromatic nitrogens is 4. The Labute approximate surface area is 206 Å². The summed E-state index contributed by atoms with van der Waals surface area (Å²) < 4.78 is 44.9. The lowest BCUT2D eigenvalue weighted by molar-refractivity contribution is 0.425. The molecular formula is C25H22FN5O4S. The van der Waals surface area contributed by atoms with Crippen molar-refractivity contribution in [1.82, 2.24) is 19.9 Å². The molecule has 0 radical (unpaired) electrons. The van der Waals surface area contributed by atoms with E-state index >= 15 is 0 Å².